The van der Waals surface area contributed by atoms with Gasteiger partial charge in [-0.05, 0) is 6.08 Å². The van der Waals surface area contributed by atoms with Crippen LogP contribution in [0.25, 0.3) is 0 Å². The minimum Gasteiger partial charge on any atom is -0.369 e. The minimum absolute atomic E-state index is 0.0582. The molecule has 0 saturated carbocycles. The number of amides is 3. The molecule has 7 heteroatoms. The molecule has 0 radical (unpaired) electrons. The van der Waals surface area contributed by atoms with Gasteiger partial charge in [-0.3, -0.25) is 4.79 Å². The van der Waals surface area contributed by atoms with E-state index in [-0.39, 0.29) is 12.1 Å². The topological polar surface area (TPSA) is 94.4 Å². The van der Waals surface area contributed by atoms with Crippen LogP contribution in [0.15, 0.2) is 35.3 Å². The van der Waals surface area contributed by atoms with Gasteiger partial charge in [0.2, 0.25) is 0 Å². The fourth-order valence-electron chi connectivity index (χ4n) is 1.88. The van der Waals surface area contributed by atoms with Gasteiger partial charge >= 0.3 is 6.03 Å². The minimum atomic E-state index is -1.40. The van der Waals surface area contributed by atoms with Crippen LogP contribution in [-0.2, 0) is 4.79 Å². The Morgan fingerprint density at radius 2 is 2.28 bits per heavy atom. The van der Waals surface area contributed by atoms with E-state index in [1.807, 2.05) is 0 Å². The van der Waals surface area contributed by atoms with Crippen molar-refractivity contribution in [2.75, 3.05) is 0 Å². The van der Waals surface area contributed by atoms with Crippen LogP contribution in [-0.4, -0.2) is 45.9 Å². The molecular formula is C11H12N4O3. The molecule has 18 heavy (non-hydrogen) atoms. The normalized spacial score (nSPS) is 27.4. The number of nitrogens with zero attached hydrogens (tertiary/aromatic N) is 3. The number of aliphatic imine (C=N–C) groups is 2. The van der Waals surface area contributed by atoms with Gasteiger partial charge < -0.3 is 10.4 Å². The molecule has 7 nitrogen and oxygen atoms in total. The summed E-state index contributed by atoms with van der Waals surface area (Å²) in [6.07, 6.45) is 2.67. The van der Waals surface area contributed by atoms with E-state index in [1.54, 1.807) is 0 Å². The Morgan fingerprint density at radius 1 is 1.56 bits per heavy atom. The third-order valence-electron chi connectivity index (χ3n) is 2.73. The molecular weight excluding hydrogens is 236 g/mol. The van der Waals surface area contributed by atoms with Crippen molar-refractivity contribution in [2.24, 2.45) is 9.98 Å². The number of hydrogen-bond acceptors (Lipinski definition) is 5. The lowest BCUT2D eigenvalue weighted by atomic mass is 9.97. The summed E-state index contributed by atoms with van der Waals surface area (Å²) < 4.78 is 0. The van der Waals surface area contributed by atoms with Gasteiger partial charge in [-0.25, -0.2) is 19.7 Å². The third kappa shape index (κ3) is 1.56. The Labute approximate surface area is 103 Å². The average Bonchev–Trinajstić information content (AvgIpc) is 2.72. The Hall–Kier alpha value is -2.28. The van der Waals surface area contributed by atoms with E-state index in [0.717, 1.165) is 6.08 Å². The largest absolute Gasteiger partial charge is 0.369 e. The average molecular weight is 248 g/mol. The fourth-order valence-corrected chi connectivity index (χ4v) is 1.88. The molecule has 2 atom stereocenters. The van der Waals surface area contributed by atoms with Crippen molar-refractivity contribution < 1.29 is 14.7 Å². The predicted octanol–water partition coefficient (Wildman–Crippen LogP) is -0.202. The first-order valence-corrected chi connectivity index (χ1v) is 5.25. The van der Waals surface area contributed by atoms with Crippen molar-refractivity contribution in [3.8, 4) is 0 Å². The van der Waals surface area contributed by atoms with Crippen LogP contribution in [0.4, 0.5) is 4.79 Å². The lowest BCUT2D eigenvalue weighted by Crippen LogP contribution is -2.68. The Balaban J connectivity index is 2.40. The summed E-state index contributed by atoms with van der Waals surface area (Å²) in [5.74, 6) is -0.689. The number of imide groups is 1. The van der Waals surface area contributed by atoms with Gasteiger partial charge in [0.1, 0.15) is 6.34 Å². The van der Waals surface area contributed by atoms with Crippen molar-refractivity contribution in [2.45, 2.75) is 18.3 Å². The highest BCUT2D eigenvalue weighted by atomic mass is 16.3. The highest BCUT2D eigenvalue weighted by Crippen LogP contribution is 2.26. The van der Waals surface area contributed by atoms with Crippen LogP contribution in [0.3, 0.4) is 0 Å². The summed E-state index contributed by atoms with van der Waals surface area (Å²) in [5.41, 5.74) is -1.13. The quantitative estimate of drug-likeness (QED) is 0.674. The fraction of sp³-hybridized carbons (Fsp3) is 0.273. The van der Waals surface area contributed by atoms with Crippen molar-refractivity contribution in [3.05, 3.63) is 25.3 Å². The first kappa shape index (κ1) is 12.2. The maximum absolute atomic E-state index is 12.1. The van der Waals surface area contributed by atoms with Gasteiger partial charge in [-0.1, -0.05) is 12.7 Å². The molecule has 2 rings (SSSR count). The first-order chi connectivity index (χ1) is 8.55. The number of hydrogen-bond donors (Lipinski definition) is 2. The van der Waals surface area contributed by atoms with Crippen molar-refractivity contribution in [1.29, 1.82) is 0 Å². The molecule has 2 heterocycles. The number of nitrogens with one attached hydrogen (secondary N) is 1. The standard InChI is InChI=1S/C11H12N4O3/c1-3-5-11-8(12-6-13-11)9(17)15(7(16)4-2)10(18)14-11/h3-4,6-7,16H,1-2,5H2,(H,14,18). The van der Waals surface area contributed by atoms with Crippen LogP contribution in [0.2, 0.25) is 0 Å². The molecule has 0 aromatic rings. The van der Waals surface area contributed by atoms with E-state index in [0.29, 0.717) is 4.90 Å². The van der Waals surface area contributed by atoms with E-state index in [1.165, 1.54) is 12.4 Å². The summed E-state index contributed by atoms with van der Waals surface area (Å²) in [7, 11) is 0. The number of carbonyl (C=O) groups excluding carboxylic acids is 2. The zero-order chi connectivity index (χ0) is 13.3. The molecule has 2 aliphatic heterocycles. The molecule has 2 unspecified atom stereocenters. The smallest absolute Gasteiger partial charge is 0.329 e. The molecule has 0 bridgehead atoms. The van der Waals surface area contributed by atoms with Crippen LogP contribution < -0.4 is 5.32 Å². The number of aliphatic hydroxyl groups is 1. The van der Waals surface area contributed by atoms with Crippen molar-refractivity contribution >= 4 is 24.0 Å². The Kier molecular flexibility index (Phi) is 2.84. The molecule has 0 aliphatic carbocycles. The summed E-state index contributed by atoms with van der Waals surface area (Å²) in [5, 5.41) is 12.1. The summed E-state index contributed by atoms with van der Waals surface area (Å²) in [4.78, 5) is 32.5. The number of aliphatic hydroxyl groups excluding tert-OH is 1. The van der Waals surface area contributed by atoms with Crippen molar-refractivity contribution in [1.82, 2.24) is 10.2 Å². The van der Waals surface area contributed by atoms with Gasteiger partial charge in [0.25, 0.3) is 5.91 Å². The van der Waals surface area contributed by atoms with Crippen LogP contribution in [0.1, 0.15) is 6.42 Å². The molecule has 3 amide bonds. The summed E-state index contributed by atoms with van der Waals surface area (Å²) >= 11 is 0. The predicted molar refractivity (Wildman–Crippen MR) is 65.1 cm³/mol. The van der Waals surface area contributed by atoms with E-state index in [4.69, 9.17) is 0 Å². The highest BCUT2D eigenvalue weighted by Gasteiger charge is 2.51. The van der Waals surface area contributed by atoms with Gasteiger partial charge in [-0.2, -0.15) is 0 Å². The second-order valence-electron chi connectivity index (χ2n) is 3.83. The van der Waals surface area contributed by atoms with Crippen LogP contribution in [0, 0.1) is 0 Å². The zero-order valence-electron chi connectivity index (χ0n) is 9.54. The van der Waals surface area contributed by atoms with E-state index >= 15 is 0 Å². The zero-order valence-corrected chi connectivity index (χ0v) is 9.54. The number of carbonyl (C=O) groups is 2. The molecule has 94 valence electrons. The van der Waals surface area contributed by atoms with E-state index in [2.05, 4.69) is 28.5 Å². The van der Waals surface area contributed by atoms with Crippen molar-refractivity contribution in [3.63, 3.8) is 0 Å². The highest BCUT2D eigenvalue weighted by molar-refractivity contribution is 6.48. The second-order valence-corrected chi connectivity index (χ2v) is 3.83. The molecule has 1 fully saturated rings. The first-order valence-electron chi connectivity index (χ1n) is 5.25. The number of rotatable bonds is 4. The maximum Gasteiger partial charge on any atom is 0.329 e. The van der Waals surface area contributed by atoms with Gasteiger partial charge in [0.05, 0.1) is 0 Å². The van der Waals surface area contributed by atoms with Crippen LogP contribution >= 0.6 is 0 Å². The molecule has 1 saturated heterocycles. The second kappa shape index (κ2) is 4.19. The van der Waals surface area contributed by atoms with Gasteiger partial charge in [-0.15, -0.1) is 6.58 Å². The Morgan fingerprint density at radius 3 is 2.89 bits per heavy atom. The summed E-state index contributed by atoms with van der Waals surface area (Å²) in [6.45, 7) is 6.89. The molecule has 2 N–H and O–H groups in total. The molecule has 2 aliphatic rings. The van der Waals surface area contributed by atoms with E-state index < -0.39 is 23.8 Å². The molecule has 0 aromatic carbocycles. The maximum atomic E-state index is 12.1. The number of urea groups is 1. The monoisotopic (exact) mass is 248 g/mol. The lowest BCUT2D eigenvalue weighted by molar-refractivity contribution is -0.128. The third-order valence-corrected chi connectivity index (χ3v) is 2.73. The lowest BCUT2D eigenvalue weighted by Gasteiger charge is -2.37. The summed E-state index contributed by atoms with van der Waals surface area (Å²) in [6, 6.07) is -0.743. The molecule has 0 aromatic heterocycles. The SMILES string of the molecule is C=CCC12N=CN=C1C(=O)N(C(O)C=C)C(=O)N2. The van der Waals surface area contributed by atoms with Gasteiger partial charge in [0.15, 0.2) is 17.6 Å². The molecule has 0 spiro atoms. The van der Waals surface area contributed by atoms with Gasteiger partial charge in [0, 0.05) is 6.42 Å². The van der Waals surface area contributed by atoms with E-state index in [9.17, 15) is 14.7 Å². The Bertz CT molecular complexity index is 497. The van der Waals surface area contributed by atoms with Crippen LogP contribution in [0.5, 0.6) is 0 Å². The number of fused-ring (bicyclic) bond motifs is 1.